The van der Waals surface area contributed by atoms with Gasteiger partial charge in [0, 0.05) is 16.3 Å². The molecule has 1 heterocycles. The zero-order valence-electron chi connectivity index (χ0n) is 10.9. The number of carboxylic acid groups (broad SMARTS) is 1. The largest absolute Gasteiger partial charge is 0.480 e. The van der Waals surface area contributed by atoms with Crippen LogP contribution in [0, 0.1) is 0 Å². The Kier molecular flexibility index (Phi) is 5.08. The molecule has 0 saturated carbocycles. The van der Waals surface area contributed by atoms with E-state index in [0.29, 0.717) is 22.2 Å². The third kappa shape index (κ3) is 3.89. The normalized spacial score (nSPS) is 17.6. The summed E-state index contributed by atoms with van der Waals surface area (Å²) in [5.74, 6) is -1.19. The Hall–Kier alpha value is -1.73. The predicted molar refractivity (Wildman–Crippen MR) is 79.4 cm³/mol. The fourth-order valence-electron chi connectivity index (χ4n) is 1.88. The van der Waals surface area contributed by atoms with E-state index in [-0.39, 0.29) is 6.54 Å². The van der Waals surface area contributed by atoms with Gasteiger partial charge in [0.15, 0.2) is 0 Å². The monoisotopic (exact) mass is 328 g/mol. The Morgan fingerprint density at radius 2 is 2.19 bits per heavy atom. The standard InChI is InChI=1S/C13H13ClN2O4S/c14-9-3-1-2-8(4-9)12(18)15-5-11(17)16-7-21-6-10(16)13(19)20/h1-4,10H,5-7H2,(H,15,18)(H,19,20). The number of thioether (sulfide) groups is 1. The van der Waals surface area contributed by atoms with E-state index in [4.69, 9.17) is 16.7 Å². The molecule has 1 aromatic carbocycles. The van der Waals surface area contributed by atoms with E-state index in [2.05, 4.69) is 5.32 Å². The highest BCUT2D eigenvalue weighted by Gasteiger charge is 2.34. The number of carbonyl (C=O) groups is 3. The third-order valence-electron chi connectivity index (χ3n) is 2.97. The van der Waals surface area contributed by atoms with E-state index in [9.17, 15) is 14.4 Å². The quantitative estimate of drug-likeness (QED) is 0.863. The van der Waals surface area contributed by atoms with Crippen molar-refractivity contribution in [3.63, 3.8) is 0 Å². The number of carbonyl (C=O) groups excluding carboxylic acids is 2. The summed E-state index contributed by atoms with van der Waals surface area (Å²) >= 11 is 7.16. The number of hydrogen-bond acceptors (Lipinski definition) is 4. The molecular formula is C13H13ClN2O4S. The van der Waals surface area contributed by atoms with E-state index in [1.807, 2.05) is 0 Å². The summed E-state index contributed by atoms with van der Waals surface area (Å²) in [5, 5.41) is 11.9. The number of rotatable bonds is 4. The minimum atomic E-state index is -1.03. The highest BCUT2D eigenvalue weighted by atomic mass is 35.5. The average molecular weight is 329 g/mol. The molecule has 1 aliphatic heterocycles. The second kappa shape index (κ2) is 6.82. The summed E-state index contributed by atoms with van der Waals surface area (Å²) < 4.78 is 0. The van der Waals surface area contributed by atoms with Crippen LogP contribution in [0.25, 0.3) is 0 Å². The molecule has 6 nitrogen and oxygen atoms in total. The van der Waals surface area contributed by atoms with Crippen molar-refractivity contribution in [1.82, 2.24) is 10.2 Å². The first-order chi connectivity index (χ1) is 9.99. The first-order valence-electron chi connectivity index (χ1n) is 6.13. The molecule has 21 heavy (non-hydrogen) atoms. The van der Waals surface area contributed by atoms with Gasteiger partial charge in [-0.25, -0.2) is 4.79 Å². The average Bonchev–Trinajstić information content (AvgIpc) is 2.94. The van der Waals surface area contributed by atoms with Crippen molar-refractivity contribution < 1.29 is 19.5 Å². The lowest BCUT2D eigenvalue weighted by molar-refractivity contribution is -0.147. The maximum Gasteiger partial charge on any atom is 0.327 e. The van der Waals surface area contributed by atoms with Gasteiger partial charge in [-0.2, -0.15) is 0 Å². The molecule has 1 aliphatic rings. The van der Waals surface area contributed by atoms with E-state index < -0.39 is 23.8 Å². The smallest absolute Gasteiger partial charge is 0.327 e. The molecule has 1 unspecified atom stereocenters. The maximum absolute atomic E-state index is 12.0. The SMILES string of the molecule is O=C(NCC(=O)N1CSCC1C(=O)O)c1cccc(Cl)c1. The molecule has 0 spiro atoms. The number of amides is 2. The van der Waals surface area contributed by atoms with Crippen LogP contribution in [0.5, 0.6) is 0 Å². The van der Waals surface area contributed by atoms with Crippen LogP contribution in [0.1, 0.15) is 10.4 Å². The summed E-state index contributed by atoms with van der Waals surface area (Å²) in [4.78, 5) is 36.1. The summed E-state index contributed by atoms with van der Waals surface area (Å²) in [7, 11) is 0. The molecule has 0 aromatic heterocycles. The lowest BCUT2D eigenvalue weighted by Crippen LogP contribution is -2.46. The molecule has 1 atom stereocenters. The van der Waals surface area contributed by atoms with Gasteiger partial charge in [0.1, 0.15) is 6.04 Å². The summed E-state index contributed by atoms with van der Waals surface area (Å²) in [6.07, 6.45) is 0. The van der Waals surface area contributed by atoms with Crippen molar-refractivity contribution in [2.75, 3.05) is 18.2 Å². The third-order valence-corrected chi connectivity index (χ3v) is 4.22. The molecule has 2 rings (SSSR count). The topological polar surface area (TPSA) is 86.7 Å². The number of benzene rings is 1. The number of carboxylic acids is 1. The second-order valence-corrected chi connectivity index (χ2v) is 5.85. The van der Waals surface area contributed by atoms with Crippen LogP contribution in [-0.4, -0.2) is 52.0 Å². The van der Waals surface area contributed by atoms with Gasteiger partial charge in [-0.05, 0) is 18.2 Å². The van der Waals surface area contributed by atoms with E-state index in [0.717, 1.165) is 0 Å². The highest BCUT2D eigenvalue weighted by Crippen LogP contribution is 2.20. The van der Waals surface area contributed by atoms with Crippen LogP contribution < -0.4 is 5.32 Å². The molecule has 0 bridgehead atoms. The van der Waals surface area contributed by atoms with Gasteiger partial charge in [-0.15, -0.1) is 11.8 Å². The van der Waals surface area contributed by atoms with Crippen molar-refractivity contribution in [3.8, 4) is 0 Å². The van der Waals surface area contributed by atoms with Gasteiger partial charge < -0.3 is 15.3 Å². The van der Waals surface area contributed by atoms with Crippen molar-refractivity contribution >= 4 is 41.1 Å². The Morgan fingerprint density at radius 3 is 2.86 bits per heavy atom. The van der Waals surface area contributed by atoms with Crippen molar-refractivity contribution in [3.05, 3.63) is 34.9 Å². The summed E-state index contributed by atoms with van der Waals surface area (Å²) in [5.41, 5.74) is 0.348. The summed E-state index contributed by atoms with van der Waals surface area (Å²) in [6.45, 7) is -0.240. The Balaban J connectivity index is 1.92. The molecular weight excluding hydrogens is 316 g/mol. The van der Waals surface area contributed by atoms with E-state index >= 15 is 0 Å². The number of hydrogen-bond donors (Lipinski definition) is 2. The van der Waals surface area contributed by atoms with Crippen LogP contribution in [0.4, 0.5) is 0 Å². The number of nitrogens with zero attached hydrogens (tertiary/aromatic N) is 1. The highest BCUT2D eigenvalue weighted by molar-refractivity contribution is 7.99. The lowest BCUT2D eigenvalue weighted by Gasteiger charge is -2.20. The minimum Gasteiger partial charge on any atom is -0.480 e. The molecule has 0 radical (unpaired) electrons. The zero-order chi connectivity index (χ0) is 15.4. The maximum atomic E-state index is 12.0. The molecule has 1 aromatic rings. The first kappa shape index (κ1) is 15.7. The van der Waals surface area contributed by atoms with Crippen LogP contribution >= 0.6 is 23.4 Å². The Bertz CT molecular complexity index is 581. The molecule has 0 aliphatic carbocycles. The lowest BCUT2D eigenvalue weighted by atomic mass is 10.2. The van der Waals surface area contributed by atoms with Gasteiger partial charge in [0.2, 0.25) is 5.91 Å². The second-order valence-electron chi connectivity index (χ2n) is 4.41. The van der Waals surface area contributed by atoms with E-state index in [1.54, 1.807) is 18.2 Å². The van der Waals surface area contributed by atoms with Crippen LogP contribution in [0.3, 0.4) is 0 Å². The zero-order valence-corrected chi connectivity index (χ0v) is 12.5. The van der Waals surface area contributed by atoms with Gasteiger partial charge in [0.25, 0.3) is 5.91 Å². The van der Waals surface area contributed by atoms with E-state index in [1.165, 1.54) is 22.7 Å². The fraction of sp³-hybridized carbons (Fsp3) is 0.308. The van der Waals surface area contributed by atoms with Gasteiger partial charge in [-0.3, -0.25) is 9.59 Å². The van der Waals surface area contributed by atoms with Crippen molar-refractivity contribution in [2.24, 2.45) is 0 Å². The molecule has 1 fully saturated rings. The first-order valence-corrected chi connectivity index (χ1v) is 7.66. The van der Waals surface area contributed by atoms with Crippen LogP contribution in [0.15, 0.2) is 24.3 Å². The molecule has 112 valence electrons. The molecule has 2 N–H and O–H groups in total. The van der Waals surface area contributed by atoms with Gasteiger partial charge >= 0.3 is 5.97 Å². The number of aliphatic carboxylic acids is 1. The molecule has 1 saturated heterocycles. The Labute approximate surface area is 130 Å². The minimum absolute atomic E-state index is 0.240. The van der Waals surface area contributed by atoms with Crippen molar-refractivity contribution in [2.45, 2.75) is 6.04 Å². The summed E-state index contributed by atoms with van der Waals surface area (Å²) in [6, 6.07) is 5.52. The predicted octanol–water partition coefficient (Wildman–Crippen LogP) is 1.06. The van der Waals surface area contributed by atoms with Gasteiger partial charge in [0.05, 0.1) is 12.4 Å². The fourth-order valence-corrected chi connectivity index (χ4v) is 3.24. The van der Waals surface area contributed by atoms with Crippen LogP contribution in [-0.2, 0) is 9.59 Å². The number of halogens is 1. The number of nitrogens with one attached hydrogen (secondary N) is 1. The molecule has 2 amide bonds. The van der Waals surface area contributed by atoms with Crippen LogP contribution in [0.2, 0.25) is 5.02 Å². The Morgan fingerprint density at radius 1 is 1.43 bits per heavy atom. The van der Waals surface area contributed by atoms with Crippen molar-refractivity contribution in [1.29, 1.82) is 0 Å². The van der Waals surface area contributed by atoms with Gasteiger partial charge in [-0.1, -0.05) is 17.7 Å². The molecule has 8 heteroatoms.